The smallest absolute Gasteiger partial charge is 0.127 e. The highest BCUT2D eigenvalue weighted by Crippen LogP contribution is 2.32. The van der Waals surface area contributed by atoms with Gasteiger partial charge in [-0.15, -0.1) is 0 Å². The first-order valence-electron chi connectivity index (χ1n) is 6.92. The number of aryl methyl sites for hydroxylation is 1. The summed E-state index contributed by atoms with van der Waals surface area (Å²) in [5, 5.41) is 0. The first kappa shape index (κ1) is 13.3. The van der Waals surface area contributed by atoms with Gasteiger partial charge in [0.05, 0.1) is 6.10 Å². The Labute approximate surface area is 110 Å². The van der Waals surface area contributed by atoms with E-state index in [1.807, 2.05) is 19.2 Å². The molecule has 0 aliphatic heterocycles. The Balaban J connectivity index is 2.07. The van der Waals surface area contributed by atoms with E-state index in [-0.39, 0.29) is 0 Å². The quantitative estimate of drug-likeness (QED) is 0.894. The molecule has 1 heterocycles. The standard InChI is InChI=1S/C15H24N2O/c1-10-4-5-14(6-11(10)2)18-15-7-12(3)17-9-13(15)8-16/h7,9-11,14H,4-6,8,16H2,1-3H3. The Hall–Kier alpha value is -1.09. The van der Waals surface area contributed by atoms with E-state index in [2.05, 4.69) is 18.8 Å². The minimum atomic E-state index is 0.336. The number of nitrogens with two attached hydrogens (primary N) is 1. The van der Waals surface area contributed by atoms with E-state index in [9.17, 15) is 0 Å². The monoisotopic (exact) mass is 248 g/mol. The van der Waals surface area contributed by atoms with Gasteiger partial charge >= 0.3 is 0 Å². The third kappa shape index (κ3) is 3.02. The molecule has 0 bridgehead atoms. The van der Waals surface area contributed by atoms with Gasteiger partial charge in [-0.3, -0.25) is 4.98 Å². The van der Waals surface area contributed by atoms with Crippen LogP contribution in [0, 0.1) is 18.8 Å². The van der Waals surface area contributed by atoms with Crippen molar-refractivity contribution in [3.8, 4) is 5.75 Å². The molecule has 2 rings (SSSR count). The average molecular weight is 248 g/mol. The molecule has 3 unspecified atom stereocenters. The van der Waals surface area contributed by atoms with Crippen LogP contribution in [0.3, 0.4) is 0 Å². The molecule has 3 nitrogen and oxygen atoms in total. The van der Waals surface area contributed by atoms with Crippen LogP contribution in [0.15, 0.2) is 12.3 Å². The van der Waals surface area contributed by atoms with Crippen molar-refractivity contribution in [3.05, 3.63) is 23.5 Å². The lowest BCUT2D eigenvalue weighted by atomic mass is 9.80. The van der Waals surface area contributed by atoms with Crippen molar-refractivity contribution < 1.29 is 4.74 Å². The van der Waals surface area contributed by atoms with Crippen molar-refractivity contribution in [1.82, 2.24) is 4.98 Å². The Morgan fingerprint density at radius 1 is 1.33 bits per heavy atom. The zero-order chi connectivity index (χ0) is 13.1. The predicted molar refractivity (Wildman–Crippen MR) is 73.5 cm³/mol. The summed E-state index contributed by atoms with van der Waals surface area (Å²) in [6.07, 6.45) is 5.72. The summed E-state index contributed by atoms with van der Waals surface area (Å²) in [6.45, 7) is 7.13. The Kier molecular flexibility index (Phi) is 4.23. The average Bonchev–Trinajstić information content (AvgIpc) is 2.34. The number of hydrogen-bond acceptors (Lipinski definition) is 3. The van der Waals surface area contributed by atoms with Gasteiger partial charge in [0.25, 0.3) is 0 Å². The summed E-state index contributed by atoms with van der Waals surface area (Å²) in [7, 11) is 0. The van der Waals surface area contributed by atoms with E-state index in [0.717, 1.165) is 41.7 Å². The fourth-order valence-corrected chi connectivity index (χ4v) is 2.61. The molecule has 100 valence electrons. The highest BCUT2D eigenvalue weighted by Gasteiger charge is 2.26. The molecule has 0 amide bonds. The molecular formula is C15H24N2O. The first-order valence-corrected chi connectivity index (χ1v) is 6.92. The number of ether oxygens (including phenoxy) is 1. The van der Waals surface area contributed by atoms with Crippen LogP contribution in [0.1, 0.15) is 44.4 Å². The number of pyridine rings is 1. The van der Waals surface area contributed by atoms with Crippen molar-refractivity contribution in [2.75, 3.05) is 0 Å². The van der Waals surface area contributed by atoms with Crippen molar-refractivity contribution in [3.63, 3.8) is 0 Å². The molecule has 0 radical (unpaired) electrons. The lowest BCUT2D eigenvalue weighted by Gasteiger charge is -2.32. The minimum Gasteiger partial charge on any atom is -0.490 e. The van der Waals surface area contributed by atoms with Crippen LogP contribution in [-0.4, -0.2) is 11.1 Å². The third-order valence-electron chi connectivity index (χ3n) is 4.14. The molecule has 1 fully saturated rings. The molecule has 2 N–H and O–H groups in total. The number of hydrogen-bond donors (Lipinski definition) is 1. The minimum absolute atomic E-state index is 0.336. The van der Waals surface area contributed by atoms with E-state index in [1.54, 1.807) is 0 Å². The molecule has 1 saturated carbocycles. The van der Waals surface area contributed by atoms with Crippen molar-refractivity contribution in [2.45, 2.75) is 52.7 Å². The van der Waals surface area contributed by atoms with Gasteiger partial charge in [0.2, 0.25) is 0 Å². The second-order valence-corrected chi connectivity index (χ2v) is 5.65. The molecule has 1 aliphatic carbocycles. The Bertz CT molecular complexity index is 405. The second kappa shape index (κ2) is 5.70. The topological polar surface area (TPSA) is 48.1 Å². The molecule has 3 atom stereocenters. The summed E-state index contributed by atoms with van der Waals surface area (Å²) in [4.78, 5) is 4.27. The van der Waals surface area contributed by atoms with Crippen LogP contribution in [0.2, 0.25) is 0 Å². The summed E-state index contributed by atoms with van der Waals surface area (Å²) in [6, 6.07) is 2.00. The summed E-state index contributed by atoms with van der Waals surface area (Å²) in [5.41, 5.74) is 7.73. The van der Waals surface area contributed by atoms with Crippen molar-refractivity contribution in [1.29, 1.82) is 0 Å². The molecule has 1 aromatic rings. The molecule has 1 aromatic heterocycles. The van der Waals surface area contributed by atoms with Gasteiger partial charge in [-0.2, -0.15) is 0 Å². The highest BCUT2D eigenvalue weighted by molar-refractivity contribution is 5.32. The maximum Gasteiger partial charge on any atom is 0.127 e. The van der Waals surface area contributed by atoms with E-state index in [1.165, 1.54) is 6.42 Å². The van der Waals surface area contributed by atoms with E-state index in [4.69, 9.17) is 10.5 Å². The summed E-state index contributed by atoms with van der Waals surface area (Å²) >= 11 is 0. The normalized spacial score (nSPS) is 28.1. The van der Waals surface area contributed by atoms with Crippen LogP contribution in [0.5, 0.6) is 5.75 Å². The van der Waals surface area contributed by atoms with Gasteiger partial charge in [-0.1, -0.05) is 13.8 Å². The highest BCUT2D eigenvalue weighted by atomic mass is 16.5. The van der Waals surface area contributed by atoms with E-state index >= 15 is 0 Å². The lowest BCUT2D eigenvalue weighted by Crippen LogP contribution is -2.29. The van der Waals surface area contributed by atoms with Crippen LogP contribution >= 0.6 is 0 Å². The van der Waals surface area contributed by atoms with Gasteiger partial charge in [0.1, 0.15) is 5.75 Å². The SMILES string of the molecule is Cc1cc(OC2CCC(C)C(C)C2)c(CN)cn1. The lowest BCUT2D eigenvalue weighted by molar-refractivity contribution is 0.0995. The van der Waals surface area contributed by atoms with Gasteiger partial charge in [0, 0.05) is 30.1 Å². The molecule has 0 spiro atoms. The number of aromatic nitrogens is 1. The largest absolute Gasteiger partial charge is 0.490 e. The molecule has 0 saturated heterocycles. The fourth-order valence-electron chi connectivity index (χ4n) is 2.61. The van der Waals surface area contributed by atoms with Crippen LogP contribution in [-0.2, 0) is 6.54 Å². The summed E-state index contributed by atoms with van der Waals surface area (Å²) < 4.78 is 6.16. The maximum atomic E-state index is 6.16. The molecule has 1 aliphatic rings. The Morgan fingerprint density at radius 3 is 2.78 bits per heavy atom. The van der Waals surface area contributed by atoms with Gasteiger partial charge < -0.3 is 10.5 Å². The maximum absolute atomic E-state index is 6.16. The molecule has 0 aromatic carbocycles. The first-order chi connectivity index (χ1) is 8.60. The molecule has 18 heavy (non-hydrogen) atoms. The van der Waals surface area contributed by atoms with Crippen molar-refractivity contribution >= 4 is 0 Å². The van der Waals surface area contributed by atoms with Crippen molar-refractivity contribution in [2.24, 2.45) is 17.6 Å². The van der Waals surface area contributed by atoms with Crippen LogP contribution in [0.25, 0.3) is 0 Å². The molecular weight excluding hydrogens is 224 g/mol. The van der Waals surface area contributed by atoms with E-state index < -0.39 is 0 Å². The zero-order valence-corrected chi connectivity index (χ0v) is 11.6. The second-order valence-electron chi connectivity index (χ2n) is 5.65. The van der Waals surface area contributed by atoms with Gasteiger partial charge in [-0.25, -0.2) is 0 Å². The van der Waals surface area contributed by atoms with Crippen LogP contribution < -0.4 is 10.5 Å². The molecule has 3 heteroatoms. The number of rotatable bonds is 3. The fraction of sp³-hybridized carbons (Fsp3) is 0.667. The zero-order valence-electron chi connectivity index (χ0n) is 11.6. The predicted octanol–water partition coefficient (Wildman–Crippen LogP) is 3.05. The van der Waals surface area contributed by atoms with E-state index in [0.29, 0.717) is 12.6 Å². The number of nitrogens with zero attached hydrogens (tertiary/aromatic N) is 1. The summed E-state index contributed by atoms with van der Waals surface area (Å²) in [5.74, 6) is 2.49. The van der Waals surface area contributed by atoms with Gasteiger partial charge in [-0.05, 0) is 38.0 Å². The van der Waals surface area contributed by atoms with Crippen LogP contribution in [0.4, 0.5) is 0 Å². The Morgan fingerprint density at radius 2 is 2.11 bits per heavy atom. The third-order valence-corrected chi connectivity index (χ3v) is 4.14. The van der Waals surface area contributed by atoms with Gasteiger partial charge in [0.15, 0.2) is 0 Å².